The molecule has 2 aromatic rings. The van der Waals surface area contributed by atoms with E-state index in [1.54, 1.807) is 10.9 Å². The fourth-order valence-electron chi connectivity index (χ4n) is 3.76. The molecule has 0 aliphatic carbocycles. The van der Waals surface area contributed by atoms with Gasteiger partial charge < -0.3 is 9.80 Å². The molecule has 1 amide bonds. The molecular formula is C17H22N6O. The van der Waals surface area contributed by atoms with E-state index in [4.69, 9.17) is 0 Å². The van der Waals surface area contributed by atoms with Crippen LogP contribution in [0.1, 0.15) is 24.8 Å². The van der Waals surface area contributed by atoms with Crippen LogP contribution in [0.3, 0.4) is 0 Å². The highest BCUT2D eigenvalue weighted by atomic mass is 16.2. The Kier molecular flexibility index (Phi) is 3.51. The van der Waals surface area contributed by atoms with E-state index in [0.717, 1.165) is 56.1 Å². The molecule has 2 aromatic heterocycles. The molecule has 126 valence electrons. The summed E-state index contributed by atoms with van der Waals surface area (Å²) in [4.78, 5) is 25.9. The van der Waals surface area contributed by atoms with Crippen molar-refractivity contribution >= 4 is 17.5 Å². The summed E-state index contributed by atoms with van der Waals surface area (Å²) < 4.78 is 1.74. The van der Waals surface area contributed by atoms with Crippen LogP contribution in [0.25, 0.3) is 0 Å². The molecule has 0 bridgehead atoms. The number of hydrogen-bond acceptors (Lipinski definition) is 5. The molecule has 4 rings (SSSR count). The predicted molar refractivity (Wildman–Crippen MR) is 90.8 cm³/mol. The maximum absolute atomic E-state index is 13.0. The first-order valence-electron chi connectivity index (χ1n) is 8.42. The highest BCUT2D eigenvalue weighted by Crippen LogP contribution is 2.43. The topological polar surface area (TPSA) is 67.2 Å². The van der Waals surface area contributed by atoms with Crippen LogP contribution in [0, 0.1) is 12.3 Å². The number of rotatable bonds is 2. The molecule has 7 heteroatoms. The van der Waals surface area contributed by atoms with Gasteiger partial charge in [-0.2, -0.15) is 5.10 Å². The Labute approximate surface area is 141 Å². The second-order valence-electron chi connectivity index (χ2n) is 6.91. The third kappa shape index (κ3) is 2.44. The van der Waals surface area contributed by atoms with E-state index in [1.165, 1.54) is 0 Å². The number of nitrogens with zero attached hydrogens (tertiary/aromatic N) is 6. The summed E-state index contributed by atoms with van der Waals surface area (Å²) in [5.74, 6) is 1.02. The van der Waals surface area contributed by atoms with E-state index in [9.17, 15) is 4.79 Å². The van der Waals surface area contributed by atoms with Crippen molar-refractivity contribution in [1.29, 1.82) is 0 Å². The third-order valence-corrected chi connectivity index (χ3v) is 5.29. The molecule has 2 fully saturated rings. The molecule has 0 saturated carbocycles. The van der Waals surface area contributed by atoms with Crippen molar-refractivity contribution in [3.05, 3.63) is 30.4 Å². The van der Waals surface area contributed by atoms with Crippen molar-refractivity contribution in [3.8, 4) is 0 Å². The standard InChI is InChI=1S/C17H22N6O/c1-13-9-18-16(19-10-13)22-6-3-17(4-7-22)5-8-23(15(17)24)14-11-20-21(2)12-14/h9-12H,3-8H2,1-2H3. The Balaban J connectivity index is 1.47. The van der Waals surface area contributed by atoms with Crippen LogP contribution in [0.4, 0.5) is 11.6 Å². The first-order chi connectivity index (χ1) is 11.6. The molecule has 1 spiro atoms. The summed E-state index contributed by atoms with van der Waals surface area (Å²) in [6, 6.07) is 0. The first kappa shape index (κ1) is 15.1. The van der Waals surface area contributed by atoms with E-state index in [1.807, 2.05) is 37.5 Å². The summed E-state index contributed by atoms with van der Waals surface area (Å²) in [6.07, 6.45) is 10.0. The Bertz CT molecular complexity index is 745. The normalized spacial score (nSPS) is 20.2. The summed E-state index contributed by atoms with van der Waals surface area (Å²) in [7, 11) is 1.87. The summed E-state index contributed by atoms with van der Waals surface area (Å²) in [5.41, 5.74) is 1.74. The average molecular weight is 326 g/mol. The zero-order chi connectivity index (χ0) is 16.7. The lowest BCUT2D eigenvalue weighted by molar-refractivity contribution is -0.126. The van der Waals surface area contributed by atoms with Crippen molar-refractivity contribution in [1.82, 2.24) is 19.7 Å². The van der Waals surface area contributed by atoms with E-state index >= 15 is 0 Å². The van der Waals surface area contributed by atoms with Gasteiger partial charge in [-0.25, -0.2) is 9.97 Å². The van der Waals surface area contributed by atoms with Crippen molar-refractivity contribution < 1.29 is 4.79 Å². The van der Waals surface area contributed by atoms with Crippen LogP contribution < -0.4 is 9.80 Å². The molecule has 7 nitrogen and oxygen atoms in total. The first-order valence-corrected chi connectivity index (χ1v) is 8.42. The number of hydrogen-bond donors (Lipinski definition) is 0. The minimum Gasteiger partial charge on any atom is -0.341 e. The lowest BCUT2D eigenvalue weighted by atomic mass is 9.77. The van der Waals surface area contributed by atoms with Crippen LogP contribution in [-0.4, -0.2) is 45.3 Å². The Morgan fingerprint density at radius 3 is 2.33 bits per heavy atom. The quantitative estimate of drug-likeness (QED) is 0.837. The average Bonchev–Trinajstić information content (AvgIpc) is 3.14. The second kappa shape index (κ2) is 5.58. The molecular weight excluding hydrogens is 304 g/mol. The largest absolute Gasteiger partial charge is 0.341 e. The van der Waals surface area contributed by atoms with Crippen LogP contribution in [0.2, 0.25) is 0 Å². The van der Waals surface area contributed by atoms with Crippen molar-refractivity contribution in [2.45, 2.75) is 26.2 Å². The molecule has 0 aromatic carbocycles. The van der Waals surface area contributed by atoms with Crippen LogP contribution in [0.5, 0.6) is 0 Å². The van der Waals surface area contributed by atoms with Gasteiger partial charge in [0.1, 0.15) is 0 Å². The summed E-state index contributed by atoms with van der Waals surface area (Å²) in [6.45, 7) is 4.43. The van der Waals surface area contributed by atoms with Crippen molar-refractivity contribution in [2.24, 2.45) is 12.5 Å². The molecule has 24 heavy (non-hydrogen) atoms. The summed E-state index contributed by atoms with van der Waals surface area (Å²) in [5, 5.41) is 4.19. The number of aromatic nitrogens is 4. The smallest absolute Gasteiger partial charge is 0.233 e. The molecule has 0 N–H and O–H groups in total. The molecule has 0 atom stereocenters. The molecule has 0 unspecified atom stereocenters. The van der Waals surface area contributed by atoms with Crippen LogP contribution >= 0.6 is 0 Å². The van der Waals surface area contributed by atoms with Gasteiger partial charge in [-0.1, -0.05) is 0 Å². The minimum atomic E-state index is -0.225. The highest BCUT2D eigenvalue weighted by molar-refractivity contribution is 5.99. The number of anilines is 2. The maximum Gasteiger partial charge on any atom is 0.233 e. The second-order valence-corrected chi connectivity index (χ2v) is 6.91. The lowest BCUT2D eigenvalue weighted by Crippen LogP contribution is -2.45. The predicted octanol–water partition coefficient (Wildman–Crippen LogP) is 1.54. The Hall–Kier alpha value is -2.44. The van der Waals surface area contributed by atoms with E-state index in [2.05, 4.69) is 20.0 Å². The third-order valence-electron chi connectivity index (χ3n) is 5.29. The number of carbonyl (C=O) groups is 1. The molecule has 4 heterocycles. The van der Waals surface area contributed by atoms with Gasteiger partial charge in [0.05, 0.1) is 17.3 Å². The van der Waals surface area contributed by atoms with Crippen LogP contribution in [-0.2, 0) is 11.8 Å². The summed E-state index contributed by atoms with van der Waals surface area (Å²) >= 11 is 0. The Morgan fingerprint density at radius 2 is 1.71 bits per heavy atom. The zero-order valence-corrected chi connectivity index (χ0v) is 14.1. The highest BCUT2D eigenvalue weighted by Gasteiger charge is 2.48. The van der Waals surface area contributed by atoms with Gasteiger partial charge in [0.25, 0.3) is 0 Å². The van der Waals surface area contributed by atoms with Crippen molar-refractivity contribution in [2.75, 3.05) is 29.4 Å². The van der Waals surface area contributed by atoms with Gasteiger partial charge in [0, 0.05) is 45.3 Å². The van der Waals surface area contributed by atoms with E-state index < -0.39 is 0 Å². The van der Waals surface area contributed by atoms with E-state index in [0.29, 0.717) is 0 Å². The minimum absolute atomic E-state index is 0.225. The maximum atomic E-state index is 13.0. The molecule has 2 saturated heterocycles. The number of piperidine rings is 1. The van der Waals surface area contributed by atoms with Crippen molar-refractivity contribution in [3.63, 3.8) is 0 Å². The van der Waals surface area contributed by atoms with Crippen LogP contribution in [0.15, 0.2) is 24.8 Å². The van der Waals surface area contributed by atoms with Gasteiger partial charge in [0.2, 0.25) is 11.9 Å². The number of carbonyl (C=O) groups excluding carboxylic acids is 1. The van der Waals surface area contributed by atoms with Gasteiger partial charge in [-0.05, 0) is 31.7 Å². The van der Waals surface area contributed by atoms with Gasteiger partial charge in [0.15, 0.2) is 0 Å². The SMILES string of the molecule is Cc1cnc(N2CCC3(CC2)CCN(c2cnn(C)c2)C3=O)nc1. The fraction of sp³-hybridized carbons (Fsp3) is 0.529. The molecule has 2 aliphatic rings. The zero-order valence-electron chi connectivity index (χ0n) is 14.1. The van der Waals surface area contributed by atoms with E-state index in [-0.39, 0.29) is 11.3 Å². The number of aryl methyl sites for hydroxylation is 2. The molecule has 0 radical (unpaired) electrons. The molecule has 2 aliphatic heterocycles. The monoisotopic (exact) mass is 326 g/mol. The lowest BCUT2D eigenvalue weighted by Gasteiger charge is -2.37. The number of amides is 1. The fourth-order valence-corrected chi connectivity index (χ4v) is 3.76. The Morgan fingerprint density at radius 1 is 1.04 bits per heavy atom. The van der Waals surface area contributed by atoms with Gasteiger partial charge >= 0.3 is 0 Å². The van der Waals surface area contributed by atoms with Gasteiger partial charge in [-0.3, -0.25) is 9.48 Å². The van der Waals surface area contributed by atoms with Gasteiger partial charge in [-0.15, -0.1) is 0 Å².